The van der Waals surface area contributed by atoms with Gasteiger partial charge in [-0.3, -0.25) is 14.5 Å². The molecule has 1 aliphatic heterocycles. The smallest absolute Gasteiger partial charge is 0.293 e. The molecule has 0 atom stereocenters. The van der Waals surface area contributed by atoms with E-state index in [-0.39, 0.29) is 22.0 Å². The molecule has 1 aliphatic rings. The standard InChI is InChI=1S/C21H12BrClFNO3S/c22-13-6-4-12(5-7-13)18-9-8-14(28-18)10-19-20(26)25(21(27)29-19)11-15-16(23)2-1-3-17(15)24/h1-10H,11H2/b19-10+. The van der Waals surface area contributed by atoms with Crippen LogP contribution in [0.5, 0.6) is 0 Å². The Labute approximate surface area is 183 Å². The topological polar surface area (TPSA) is 50.5 Å². The molecule has 0 spiro atoms. The Morgan fingerprint density at radius 2 is 1.86 bits per heavy atom. The highest BCUT2D eigenvalue weighted by Crippen LogP contribution is 2.35. The summed E-state index contributed by atoms with van der Waals surface area (Å²) in [6, 6.07) is 15.3. The minimum absolute atomic E-state index is 0.105. The molecular weight excluding hydrogens is 481 g/mol. The van der Waals surface area contributed by atoms with Gasteiger partial charge in [0.25, 0.3) is 11.1 Å². The van der Waals surface area contributed by atoms with Gasteiger partial charge < -0.3 is 4.42 Å². The maximum atomic E-state index is 14.0. The van der Waals surface area contributed by atoms with Crippen LogP contribution >= 0.6 is 39.3 Å². The predicted octanol–water partition coefficient (Wildman–Crippen LogP) is 6.74. The van der Waals surface area contributed by atoms with Crippen LogP contribution in [0.15, 0.2) is 68.4 Å². The van der Waals surface area contributed by atoms with Gasteiger partial charge in [-0.05, 0) is 48.2 Å². The van der Waals surface area contributed by atoms with Gasteiger partial charge >= 0.3 is 0 Å². The Kier molecular flexibility index (Phi) is 5.63. The summed E-state index contributed by atoms with van der Waals surface area (Å²) in [5.41, 5.74) is 0.989. The molecule has 0 N–H and O–H groups in total. The zero-order valence-corrected chi connectivity index (χ0v) is 17.9. The highest BCUT2D eigenvalue weighted by molar-refractivity contribution is 9.10. The van der Waals surface area contributed by atoms with Gasteiger partial charge in [0, 0.05) is 26.7 Å². The van der Waals surface area contributed by atoms with Crippen LogP contribution in [0.4, 0.5) is 9.18 Å². The Bertz CT molecular complexity index is 1120. The number of nitrogens with zero attached hydrogens (tertiary/aromatic N) is 1. The van der Waals surface area contributed by atoms with E-state index < -0.39 is 17.0 Å². The van der Waals surface area contributed by atoms with Crippen molar-refractivity contribution in [2.45, 2.75) is 6.54 Å². The average molecular weight is 493 g/mol. The minimum Gasteiger partial charge on any atom is -0.457 e. The Morgan fingerprint density at radius 3 is 2.59 bits per heavy atom. The van der Waals surface area contributed by atoms with E-state index in [1.54, 1.807) is 12.1 Å². The molecule has 0 saturated carbocycles. The zero-order valence-electron chi connectivity index (χ0n) is 14.7. The lowest BCUT2D eigenvalue weighted by Crippen LogP contribution is -2.28. The second kappa shape index (κ2) is 8.18. The van der Waals surface area contributed by atoms with E-state index in [0.717, 1.165) is 26.7 Å². The highest BCUT2D eigenvalue weighted by atomic mass is 79.9. The molecule has 8 heteroatoms. The molecule has 4 nitrogen and oxygen atoms in total. The van der Waals surface area contributed by atoms with Gasteiger partial charge in [0.2, 0.25) is 0 Å². The van der Waals surface area contributed by atoms with Crippen LogP contribution in [-0.2, 0) is 11.3 Å². The van der Waals surface area contributed by atoms with Gasteiger partial charge in [0.15, 0.2) is 0 Å². The van der Waals surface area contributed by atoms with Crippen LogP contribution < -0.4 is 0 Å². The number of amides is 2. The molecular formula is C21H12BrClFNO3S. The maximum absolute atomic E-state index is 14.0. The summed E-state index contributed by atoms with van der Waals surface area (Å²) in [4.78, 5) is 26.1. The van der Waals surface area contributed by atoms with Gasteiger partial charge in [-0.25, -0.2) is 4.39 Å². The summed E-state index contributed by atoms with van der Waals surface area (Å²) in [7, 11) is 0. The largest absolute Gasteiger partial charge is 0.457 e. The third-order valence-electron chi connectivity index (χ3n) is 4.28. The fourth-order valence-corrected chi connectivity index (χ4v) is 4.11. The maximum Gasteiger partial charge on any atom is 0.293 e. The third kappa shape index (κ3) is 4.17. The number of benzene rings is 2. The number of hydrogen-bond donors (Lipinski definition) is 0. The number of furan rings is 1. The molecule has 0 unspecified atom stereocenters. The lowest BCUT2D eigenvalue weighted by atomic mass is 10.2. The van der Waals surface area contributed by atoms with Gasteiger partial charge in [0.05, 0.1) is 11.4 Å². The first-order chi connectivity index (χ1) is 13.9. The Morgan fingerprint density at radius 1 is 1.10 bits per heavy atom. The van der Waals surface area contributed by atoms with Crippen molar-refractivity contribution in [3.05, 3.63) is 86.1 Å². The van der Waals surface area contributed by atoms with E-state index in [2.05, 4.69) is 15.9 Å². The van der Waals surface area contributed by atoms with E-state index in [9.17, 15) is 14.0 Å². The van der Waals surface area contributed by atoms with Crippen molar-refractivity contribution in [1.82, 2.24) is 4.90 Å². The SMILES string of the molecule is O=C1S/C(=C/c2ccc(-c3ccc(Br)cc3)o2)C(=O)N1Cc1c(F)cccc1Cl. The molecule has 0 aliphatic carbocycles. The number of carbonyl (C=O) groups excluding carboxylic acids is 2. The molecule has 3 aromatic rings. The molecule has 0 radical (unpaired) electrons. The van der Waals surface area contributed by atoms with Crippen LogP contribution in [0, 0.1) is 5.82 Å². The Balaban J connectivity index is 1.56. The third-order valence-corrected chi connectivity index (χ3v) is 6.07. The molecule has 4 rings (SSSR count). The van der Waals surface area contributed by atoms with Gasteiger partial charge in [-0.2, -0.15) is 0 Å². The first-order valence-corrected chi connectivity index (χ1v) is 10.4. The summed E-state index contributed by atoms with van der Waals surface area (Å²) in [5, 5.41) is -0.321. The van der Waals surface area contributed by atoms with E-state index >= 15 is 0 Å². The summed E-state index contributed by atoms with van der Waals surface area (Å²) in [6.45, 7) is -0.226. The van der Waals surface area contributed by atoms with Crippen molar-refractivity contribution in [2.75, 3.05) is 0 Å². The molecule has 29 heavy (non-hydrogen) atoms. The molecule has 2 heterocycles. The number of carbonyl (C=O) groups is 2. The van der Waals surface area contributed by atoms with Crippen molar-refractivity contribution in [3.63, 3.8) is 0 Å². The number of rotatable bonds is 4. The van der Waals surface area contributed by atoms with E-state index in [1.807, 2.05) is 24.3 Å². The first-order valence-electron chi connectivity index (χ1n) is 8.46. The summed E-state index contributed by atoms with van der Waals surface area (Å²) >= 11 is 10.2. The monoisotopic (exact) mass is 491 g/mol. The minimum atomic E-state index is -0.564. The average Bonchev–Trinajstić information content (AvgIpc) is 3.25. The van der Waals surface area contributed by atoms with Gasteiger partial charge in [-0.15, -0.1) is 0 Å². The molecule has 1 fully saturated rings. The van der Waals surface area contributed by atoms with Crippen molar-refractivity contribution in [3.8, 4) is 11.3 Å². The summed E-state index contributed by atoms with van der Waals surface area (Å²) in [6.07, 6.45) is 1.51. The van der Waals surface area contributed by atoms with E-state index in [1.165, 1.54) is 24.3 Å². The molecule has 1 saturated heterocycles. The predicted molar refractivity (Wildman–Crippen MR) is 115 cm³/mol. The fraction of sp³-hybridized carbons (Fsp3) is 0.0476. The number of imide groups is 1. The molecule has 146 valence electrons. The number of halogens is 3. The number of hydrogen-bond acceptors (Lipinski definition) is 4. The van der Waals surface area contributed by atoms with Gasteiger partial charge in [-0.1, -0.05) is 45.7 Å². The van der Waals surface area contributed by atoms with Crippen LogP contribution in [0.25, 0.3) is 17.4 Å². The number of thioether (sulfide) groups is 1. The fourth-order valence-electron chi connectivity index (χ4n) is 2.81. The lowest BCUT2D eigenvalue weighted by Gasteiger charge is -2.14. The van der Waals surface area contributed by atoms with E-state index in [4.69, 9.17) is 16.0 Å². The Hall–Kier alpha value is -2.35. The van der Waals surface area contributed by atoms with Crippen molar-refractivity contribution in [2.24, 2.45) is 0 Å². The second-order valence-corrected chi connectivity index (χ2v) is 8.49. The molecule has 2 amide bonds. The van der Waals surface area contributed by atoms with E-state index in [0.29, 0.717) is 11.5 Å². The lowest BCUT2D eigenvalue weighted by molar-refractivity contribution is -0.123. The van der Waals surface area contributed by atoms with Crippen molar-refractivity contribution >= 4 is 56.5 Å². The van der Waals surface area contributed by atoms with Crippen molar-refractivity contribution < 1.29 is 18.4 Å². The van der Waals surface area contributed by atoms with Gasteiger partial charge in [0.1, 0.15) is 17.3 Å². The van der Waals surface area contributed by atoms with Crippen LogP contribution in [0.1, 0.15) is 11.3 Å². The first kappa shape index (κ1) is 19.9. The zero-order chi connectivity index (χ0) is 20.5. The van der Waals surface area contributed by atoms with Crippen LogP contribution in [0.3, 0.4) is 0 Å². The molecule has 1 aromatic heterocycles. The molecule has 2 aromatic carbocycles. The molecule has 0 bridgehead atoms. The highest BCUT2D eigenvalue weighted by Gasteiger charge is 2.36. The summed E-state index contributed by atoms with van der Waals surface area (Å²) in [5.74, 6) is 0.00470. The van der Waals surface area contributed by atoms with Crippen LogP contribution in [0.2, 0.25) is 5.02 Å². The van der Waals surface area contributed by atoms with Crippen LogP contribution in [-0.4, -0.2) is 16.0 Å². The summed E-state index contributed by atoms with van der Waals surface area (Å²) < 4.78 is 20.8. The quantitative estimate of drug-likeness (QED) is 0.379. The second-order valence-electron chi connectivity index (χ2n) is 6.18. The normalized spacial score (nSPS) is 15.6. The van der Waals surface area contributed by atoms with Crippen molar-refractivity contribution in [1.29, 1.82) is 0 Å².